The van der Waals surface area contributed by atoms with Crippen LogP contribution in [-0.2, 0) is 0 Å². The first-order valence-corrected chi connectivity index (χ1v) is 7.28. The zero-order chi connectivity index (χ0) is 11.4. The van der Waals surface area contributed by atoms with Crippen LogP contribution in [0.15, 0.2) is 34.8 Å². The fourth-order valence-electron chi connectivity index (χ4n) is 1.49. The predicted molar refractivity (Wildman–Crippen MR) is 76.3 cm³/mol. The van der Waals surface area contributed by atoms with Crippen LogP contribution >= 0.6 is 27.7 Å². The predicted octanol–water partition coefficient (Wildman–Crippen LogP) is 3.77. The van der Waals surface area contributed by atoms with Gasteiger partial charge in [0.2, 0.25) is 0 Å². The average molecular weight is 297 g/mol. The Hall–Kier alpha value is -0.740. The largest absolute Gasteiger partial charge is 0.369 e. The molecule has 2 aromatic rings. The SMILES string of the molecule is CSCCNc1ccc2cccc(Br)c2n1. The van der Waals surface area contributed by atoms with Gasteiger partial charge in [0.05, 0.1) is 5.52 Å². The summed E-state index contributed by atoms with van der Waals surface area (Å²) in [5.41, 5.74) is 1.01. The van der Waals surface area contributed by atoms with Gasteiger partial charge < -0.3 is 5.32 Å². The fourth-order valence-corrected chi connectivity index (χ4v) is 2.27. The molecular weight excluding hydrogens is 284 g/mol. The van der Waals surface area contributed by atoms with Crippen LogP contribution in [-0.4, -0.2) is 23.5 Å². The first kappa shape index (κ1) is 11.7. The monoisotopic (exact) mass is 296 g/mol. The number of thioether (sulfide) groups is 1. The number of fused-ring (bicyclic) bond motifs is 1. The summed E-state index contributed by atoms with van der Waals surface area (Å²) in [7, 11) is 0. The van der Waals surface area contributed by atoms with E-state index in [1.165, 1.54) is 0 Å². The van der Waals surface area contributed by atoms with Gasteiger partial charge in [0.15, 0.2) is 0 Å². The summed E-state index contributed by atoms with van der Waals surface area (Å²) in [6, 6.07) is 10.2. The molecular formula is C12H13BrN2S. The van der Waals surface area contributed by atoms with Crippen molar-refractivity contribution >= 4 is 44.4 Å². The van der Waals surface area contributed by atoms with Crippen molar-refractivity contribution in [2.24, 2.45) is 0 Å². The summed E-state index contributed by atoms with van der Waals surface area (Å²) in [5.74, 6) is 2.03. The Labute approximate surface area is 108 Å². The molecule has 0 spiro atoms. The number of pyridine rings is 1. The molecule has 0 aliphatic rings. The Bertz CT molecular complexity index is 487. The quantitative estimate of drug-likeness (QED) is 0.870. The van der Waals surface area contributed by atoms with Crippen molar-refractivity contribution in [2.75, 3.05) is 23.9 Å². The number of nitrogens with one attached hydrogen (secondary N) is 1. The molecule has 0 atom stereocenters. The first-order chi connectivity index (χ1) is 7.81. The number of halogens is 1. The lowest BCUT2D eigenvalue weighted by atomic mass is 10.2. The van der Waals surface area contributed by atoms with E-state index in [9.17, 15) is 0 Å². The lowest BCUT2D eigenvalue weighted by Crippen LogP contribution is -2.05. The van der Waals surface area contributed by atoms with E-state index >= 15 is 0 Å². The number of hydrogen-bond donors (Lipinski definition) is 1. The van der Waals surface area contributed by atoms with Gasteiger partial charge >= 0.3 is 0 Å². The molecule has 1 aromatic heterocycles. The Morgan fingerprint density at radius 3 is 3.00 bits per heavy atom. The van der Waals surface area contributed by atoms with Gasteiger partial charge in [-0.25, -0.2) is 4.98 Å². The smallest absolute Gasteiger partial charge is 0.126 e. The normalized spacial score (nSPS) is 10.6. The van der Waals surface area contributed by atoms with Gasteiger partial charge in [0.25, 0.3) is 0 Å². The van der Waals surface area contributed by atoms with E-state index in [-0.39, 0.29) is 0 Å². The lowest BCUT2D eigenvalue weighted by Gasteiger charge is -2.06. The van der Waals surface area contributed by atoms with Crippen molar-refractivity contribution in [3.63, 3.8) is 0 Å². The molecule has 0 aliphatic carbocycles. The molecule has 0 aliphatic heterocycles. The van der Waals surface area contributed by atoms with Crippen LogP contribution in [0.4, 0.5) is 5.82 Å². The van der Waals surface area contributed by atoms with Gasteiger partial charge in [-0.2, -0.15) is 11.8 Å². The number of para-hydroxylation sites is 1. The number of nitrogens with zero attached hydrogens (tertiary/aromatic N) is 1. The van der Waals surface area contributed by atoms with E-state index < -0.39 is 0 Å². The van der Waals surface area contributed by atoms with E-state index in [1.54, 1.807) is 0 Å². The topological polar surface area (TPSA) is 24.9 Å². The van der Waals surface area contributed by atoms with Crippen molar-refractivity contribution in [3.8, 4) is 0 Å². The van der Waals surface area contributed by atoms with E-state index in [4.69, 9.17) is 0 Å². The summed E-state index contributed by atoms with van der Waals surface area (Å²) in [4.78, 5) is 4.58. The number of aromatic nitrogens is 1. The first-order valence-electron chi connectivity index (χ1n) is 5.09. The Morgan fingerprint density at radius 2 is 2.19 bits per heavy atom. The van der Waals surface area contributed by atoms with Gasteiger partial charge in [0, 0.05) is 22.2 Å². The van der Waals surface area contributed by atoms with Crippen molar-refractivity contribution < 1.29 is 0 Å². The summed E-state index contributed by atoms with van der Waals surface area (Å²) >= 11 is 5.35. The summed E-state index contributed by atoms with van der Waals surface area (Å²) in [6.07, 6.45) is 2.10. The molecule has 4 heteroatoms. The third-order valence-corrected chi connectivity index (χ3v) is 3.54. The van der Waals surface area contributed by atoms with Crippen LogP contribution in [0.3, 0.4) is 0 Å². The van der Waals surface area contributed by atoms with E-state index in [1.807, 2.05) is 30.0 Å². The van der Waals surface area contributed by atoms with Crippen molar-refractivity contribution in [1.29, 1.82) is 0 Å². The lowest BCUT2D eigenvalue weighted by molar-refractivity contribution is 1.19. The number of anilines is 1. The van der Waals surface area contributed by atoms with Gasteiger partial charge in [-0.05, 0) is 40.4 Å². The second-order valence-electron chi connectivity index (χ2n) is 3.43. The molecule has 0 amide bonds. The van der Waals surface area contributed by atoms with Crippen LogP contribution in [0.5, 0.6) is 0 Å². The van der Waals surface area contributed by atoms with Gasteiger partial charge in [-0.15, -0.1) is 0 Å². The molecule has 84 valence electrons. The van der Waals surface area contributed by atoms with Crippen molar-refractivity contribution in [1.82, 2.24) is 4.98 Å². The van der Waals surface area contributed by atoms with Gasteiger partial charge in [-0.1, -0.05) is 12.1 Å². The molecule has 0 saturated heterocycles. The summed E-state index contributed by atoms with van der Waals surface area (Å²) < 4.78 is 1.04. The Kier molecular flexibility index (Phi) is 4.07. The molecule has 16 heavy (non-hydrogen) atoms. The van der Waals surface area contributed by atoms with Gasteiger partial charge in [-0.3, -0.25) is 0 Å². The van der Waals surface area contributed by atoms with Gasteiger partial charge in [0.1, 0.15) is 5.82 Å². The third-order valence-electron chi connectivity index (χ3n) is 2.28. The zero-order valence-corrected chi connectivity index (χ0v) is 11.4. The molecule has 2 nitrogen and oxygen atoms in total. The minimum atomic E-state index is 0.938. The minimum Gasteiger partial charge on any atom is -0.369 e. The van der Waals surface area contributed by atoms with Crippen molar-refractivity contribution in [2.45, 2.75) is 0 Å². The highest BCUT2D eigenvalue weighted by atomic mass is 79.9. The number of hydrogen-bond acceptors (Lipinski definition) is 3. The van der Waals surface area contributed by atoms with Crippen LogP contribution in [0.1, 0.15) is 0 Å². The zero-order valence-electron chi connectivity index (χ0n) is 9.03. The summed E-state index contributed by atoms with van der Waals surface area (Å²) in [5, 5.41) is 4.47. The molecule has 0 unspecified atom stereocenters. The van der Waals surface area contributed by atoms with E-state index in [0.29, 0.717) is 0 Å². The van der Waals surface area contributed by atoms with Crippen molar-refractivity contribution in [3.05, 3.63) is 34.8 Å². The molecule has 1 aromatic carbocycles. The maximum atomic E-state index is 4.58. The maximum Gasteiger partial charge on any atom is 0.126 e. The average Bonchev–Trinajstić information content (AvgIpc) is 2.30. The maximum absolute atomic E-state index is 4.58. The molecule has 0 saturated carbocycles. The third kappa shape index (κ3) is 2.68. The summed E-state index contributed by atoms with van der Waals surface area (Å²) in [6.45, 7) is 0.949. The second-order valence-corrected chi connectivity index (χ2v) is 5.27. The molecule has 2 rings (SSSR count). The Morgan fingerprint density at radius 1 is 1.31 bits per heavy atom. The molecule has 1 heterocycles. The molecule has 1 N–H and O–H groups in total. The van der Waals surface area contributed by atoms with Crippen LogP contribution in [0, 0.1) is 0 Å². The van der Waals surface area contributed by atoms with Crippen LogP contribution in [0.2, 0.25) is 0 Å². The van der Waals surface area contributed by atoms with Crippen LogP contribution in [0.25, 0.3) is 10.9 Å². The van der Waals surface area contributed by atoms with E-state index in [2.05, 4.69) is 44.6 Å². The number of benzene rings is 1. The van der Waals surface area contributed by atoms with Crippen LogP contribution < -0.4 is 5.32 Å². The highest BCUT2D eigenvalue weighted by Gasteiger charge is 2.00. The highest BCUT2D eigenvalue weighted by Crippen LogP contribution is 2.23. The standard InChI is InChI=1S/C12H13BrN2S/c1-16-8-7-14-11-6-5-9-3-2-4-10(13)12(9)15-11/h2-6H,7-8H2,1H3,(H,14,15). The second kappa shape index (κ2) is 5.55. The number of rotatable bonds is 4. The van der Waals surface area contributed by atoms with E-state index in [0.717, 1.165) is 33.5 Å². The Balaban J connectivity index is 2.25. The molecule has 0 fully saturated rings. The minimum absolute atomic E-state index is 0.938. The fraction of sp³-hybridized carbons (Fsp3) is 0.250. The highest BCUT2D eigenvalue weighted by molar-refractivity contribution is 9.10. The molecule has 0 bridgehead atoms. The molecule has 0 radical (unpaired) electrons.